The molecule has 0 aliphatic rings. The molecule has 0 aliphatic carbocycles. The van der Waals surface area contributed by atoms with Gasteiger partial charge in [-0.15, -0.1) is 10.2 Å². The predicted molar refractivity (Wildman–Crippen MR) is 94.8 cm³/mol. The van der Waals surface area contributed by atoms with Gasteiger partial charge < -0.3 is 9.73 Å². The van der Waals surface area contributed by atoms with Crippen LogP contribution in [0.5, 0.6) is 0 Å². The third kappa shape index (κ3) is 4.05. The summed E-state index contributed by atoms with van der Waals surface area (Å²) in [5, 5.41) is 13.3. The molecule has 23 heavy (non-hydrogen) atoms. The lowest BCUT2D eigenvalue weighted by atomic mass is 10.1. The molecule has 118 valence electrons. The highest BCUT2D eigenvalue weighted by molar-refractivity contribution is 7.99. The van der Waals surface area contributed by atoms with E-state index in [1.54, 1.807) is 11.8 Å². The van der Waals surface area contributed by atoms with Crippen LogP contribution in [0.3, 0.4) is 0 Å². The highest BCUT2D eigenvalue weighted by atomic mass is 32.2. The van der Waals surface area contributed by atoms with Gasteiger partial charge in [-0.3, -0.25) is 4.79 Å². The largest absolute Gasteiger partial charge is 0.415 e. The standard InChI is InChI=1S/C16H15N3O2S2/c1-22-10-15-18-19-16(21-15)23-9-14(20)17-13-8-4-6-11-5-2-3-7-12(11)13/h2-8H,9-10H2,1H3,(H,17,20). The Morgan fingerprint density at radius 1 is 1.17 bits per heavy atom. The summed E-state index contributed by atoms with van der Waals surface area (Å²) in [6.07, 6.45) is 1.97. The van der Waals surface area contributed by atoms with Gasteiger partial charge in [0.05, 0.1) is 11.5 Å². The number of hydrogen-bond acceptors (Lipinski definition) is 6. The molecule has 1 amide bonds. The van der Waals surface area contributed by atoms with Crippen molar-refractivity contribution in [1.29, 1.82) is 0 Å². The molecular formula is C16H15N3O2S2. The normalized spacial score (nSPS) is 10.8. The minimum Gasteiger partial charge on any atom is -0.415 e. The van der Waals surface area contributed by atoms with Gasteiger partial charge in [-0.1, -0.05) is 48.2 Å². The molecule has 3 rings (SSSR count). The minimum atomic E-state index is -0.101. The fourth-order valence-corrected chi connectivity index (χ4v) is 3.07. The maximum Gasteiger partial charge on any atom is 0.277 e. The summed E-state index contributed by atoms with van der Waals surface area (Å²) in [6.45, 7) is 0. The summed E-state index contributed by atoms with van der Waals surface area (Å²) in [7, 11) is 0. The van der Waals surface area contributed by atoms with E-state index in [1.807, 2.05) is 48.7 Å². The Kier molecular flexibility index (Phi) is 5.19. The lowest BCUT2D eigenvalue weighted by Gasteiger charge is -2.07. The minimum absolute atomic E-state index is 0.101. The van der Waals surface area contributed by atoms with Gasteiger partial charge in [0.15, 0.2) is 0 Å². The molecule has 1 heterocycles. The van der Waals surface area contributed by atoms with Crippen molar-refractivity contribution in [2.24, 2.45) is 0 Å². The lowest BCUT2D eigenvalue weighted by Crippen LogP contribution is -2.14. The lowest BCUT2D eigenvalue weighted by molar-refractivity contribution is -0.113. The predicted octanol–water partition coefficient (Wildman–Crippen LogP) is 3.82. The Morgan fingerprint density at radius 3 is 2.87 bits per heavy atom. The number of fused-ring (bicyclic) bond motifs is 1. The molecule has 0 atom stereocenters. The van der Waals surface area contributed by atoms with E-state index in [2.05, 4.69) is 15.5 Å². The molecule has 0 radical (unpaired) electrons. The molecule has 0 unspecified atom stereocenters. The number of nitrogens with one attached hydrogen (secondary N) is 1. The topological polar surface area (TPSA) is 68.0 Å². The van der Waals surface area contributed by atoms with E-state index in [-0.39, 0.29) is 11.7 Å². The molecule has 0 fully saturated rings. The second-order valence-electron chi connectivity index (χ2n) is 4.76. The van der Waals surface area contributed by atoms with Crippen LogP contribution in [0.1, 0.15) is 5.89 Å². The highest BCUT2D eigenvalue weighted by Crippen LogP contribution is 2.24. The number of anilines is 1. The van der Waals surface area contributed by atoms with Crippen molar-refractivity contribution in [3.8, 4) is 0 Å². The second-order valence-corrected chi connectivity index (χ2v) is 6.55. The molecule has 0 aliphatic heterocycles. The van der Waals surface area contributed by atoms with Crippen molar-refractivity contribution in [3.63, 3.8) is 0 Å². The fraction of sp³-hybridized carbons (Fsp3) is 0.188. The van der Waals surface area contributed by atoms with E-state index in [4.69, 9.17) is 4.42 Å². The fourth-order valence-electron chi connectivity index (χ4n) is 2.13. The Morgan fingerprint density at radius 2 is 2.00 bits per heavy atom. The maximum absolute atomic E-state index is 12.1. The van der Waals surface area contributed by atoms with Crippen LogP contribution >= 0.6 is 23.5 Å². The van der Waals surface area contributed by atoms with Crippen molar-refractivity contribution in [1.82, 2.24) is 10.2 Å². The number of aromatic nitrogens is 2. The van der Waals surface area contributed by atoms with Gasteiger partial charge in [-0.25, -0.2) is 0 Å². The van der Waals surface area contributed by atoms with Crippen molar-refractivity contribution in [2.45, 2.75) is 11.0 Å². The zero-order chi connectivity index (χ0) is 16.1. The molecule has 7 heteroatoms. The molecular weight excluding hydrogens is 330 g/mol. The van der Waals surface area contributed by atoms with E-state index in [0.717, 1.165) is 16.5 Å². The summed E-state index contributed by atoms with van der Waals surface area (Å²) < 4.78 is 5.43. The van der Waals surface area contributed by atoms with Crippen molar-refractivity contribution >= 4 is 45.9 Å². The van der Waals surface area contributed by atoms with Crippen molar-refractivity contribution in [2.75, 3.05) is 17.3 Å². The number of carbonyl (C=O) groups excluding carboxylic acids is 1. The van der Waals surface area contributed by atoms with Gasteiger partial charge in [0.25, 0.3) is 5.22 Å². The van der Waals surface area contributed by atoms with E-state index in [9.17, 15) is 4.79 Å². The third-order valence-electron chi connectivity index (χ3n) is 3.11. The molecule has 0 saturated heterocycles. The molecule has 0 bridgehead atoms. The first-order valence-corrected chi connectivity index (χ1v) is 9.36. The second kappa shape index (κ2) is 7.52. The average molecular weight is 345 g/mol. The highest BCUT2D eigenvalue weighted by Gasteiger charge is 2.10. The molecule has 3 aromatic rings. The number of rotatable bonds is 6. The molecule has 2 aromatic carbocycles. The van der Waals surface area contributed by atoms with E-state index in [0.29, 0.717) is 16.9 Å². The quantitative estimate of drug-likeness (QED) is 0.685. The van der Waals surface area contributed by atoms with Gasteiger partial charge in [-0.2, -0.15) is 11.8 Å². The zero-order valence-corrected chi connectivity index (χ0v) is 14.1. The van der Waals surface area contributed by atoms with Crippen LogP contribution in [0.2, 0.25) is 0 Å². The van der Waals surface area contributed by atoms with Crippen LogP contribution in [-0.2, 0) is 10.5 Å². The van der Waals surface area contributed by atoms with Gasteiger partial charge >= 0.3 is 0 Å². The first-order chi connectivity index (χ1) is 11.3. The Hall–Kier alpha value is -1.99. The van der Waals surface area contributed by atoms with Gasteiger partial charge in [0.1, 0.15) is 0 Å². The van der Waals surface area contributed by atoms with Gasteiger partial charge in [0, 0.05) is 11.1 Å². The average Bonchev–Trinajstić information content (AvgIpc) is 3.01. The smallest absolute Gasteiger partial charge is 0.277 e. The number of hydrogen-bond donors (Lipinski definition) is 1. The number of nitrogens with zero attached hydrogens (tertiary/aromatic N) is 2. The monoisotopic (exact) mass is 345 g/mol. The molecule has 1 aromatic heterocycles. The van der Waals surface area contributed by atoms with Crippen LogP contribution in [0.4, 0.5) is 5.69 Å². The number of carbonyl (C=O) groups is 1. The number of amides is 1. The first kappa shape index (κ1) is 15.9. The van der Waals surface area contributed by atoms with Gasteiger partial charge in [-0.05, 0) is 17.7 Å². The molecule has 5 nitrogen and oxygen atoms in total. The van der Waals surface area contributed by atoms with E-state index >= 15 is 0 Å². The molecule has 0 saturated carbocycles. The Balaban J connectivity index is 1.62. The summed E-state index contributed by atoms with van der Waals surface area (Å²) in [4.78, 5) is 12.1. The Labute approximate surface area is 142 Å². The number of thioether (sulfide) groups is 2. The molecule has 0 spiro atoms. The van der Waals surface area contributed by atoms with E-state index < -0.39 is 0 Å². The van der Waals surface area contributed by atoms with Crippen LogP contribution in [0, 0.1) is 0 Å². The SMILES string of the molecule is CSCc1nnc(SCC(=O)Nc2cccc3ccccc23)o1. The summed E-state index contributed by atoms with van der Waals surface area (Å²) >= 11 is 2.85. The summed E-state index contributed by atoms with van der Waals surface area (Å²) in [6, 6.07) is 13.8. The maximum atomic E-state index is 12.1. The van der Waals surface area contributed by atoms with Gasteiger partial charge in [0.2, 0.25) is 11.8 Å². The zero-order valence-electron chi connectivity index (χ0n) is 12.5. The van der Waals surface area contributed by atoms with Crippen molar-refractivity contribution < 1.29 is 9.21 Å². The summed E-state index contributed by atoms with van der Waals surface area (Å²) in [5.74, 6) is 1.38. The van der Waals surface area contributed by atoms with Crippen LogP contribution in [0.25, 0.3) is 10.8 Å². The summed E-state index contributed by atoms with van der Waals surface area (Å²) in [5.41, 5.74) is 0.808. The Bertz CT molecular complexity index is 814. The molecule has 1 N–H and O–H groups in total. The van der Waals surface area contributed by atoms with Crippen LogP contribution in [0.15, 0.2) is 52.1 Å². The number of benzene rings is 2. The van der Waals surface area contributed by atoms with Crippen LogP contribution < -0.4 is 5.32 Å². The van der Waals surface area contributed by atoms with E-state index in [1.165, 1.54) is 11.8 Å². The van der Waals surface area contributed by atoms with Crippen LogP contribution in [-0.4, -0.2) is 28.1 Å². The first-order valence-electron chi connectivity index (χ1n) is 6.98. The third-order valence-corrected chi connectivity index (χ3v) is 4.46. The van der Waals surface area contributed by atoms with Crippen molar-refractivity contribution in [3.05, 3.63) is 48.4 Å².